The third kappa shape index (κ3) is 3.86. The second kappa shape index (κ2) is 8.44. The minimum absolute atomic E-state index is 0.283. The molecule has 1 aliphatic heterocycles. The van der Waals surface area contributed by atoms with Gasteiger partial charge in [-0.2, -0.15) is 0 Å². The molecule has 5 rings (SSSR count). The quantitative estimate of drug-likeness (QED) is 0.414. The predicted octanol–water partition coefficient (Wildman–Crippen LogP) is 5.57. The highest BCUT2D eigenvalue weighted by Gasteiger charge is 2.19. The van der Waals surface area contributed by atoms with Gasteiger partial charge in [0.2, 0.25) is 0 Å². The molecule has 0 saturated heterocycles. The Morgan fingerprint density at radius 3 is 2.90 bits per heavy atom. The number of nitrogens with zero attached hydrogens (tertiary/aromatic N) is 1. The van der Waals surface area contributed by atoms with E-state index < -0.39 is 6.10 Å². The lowest BCUT2D eigenvalue weighted by molar-refractivity contribution is 0.0723. The topological polar surface area (TPSA) is 48.5 Å². The van der Waals surface area contributed by atoms with E-state index >= 15 is 0 Å². The summed E-state index contributed by atoms with van der Waals surface area (Å²) in [4.78, 5) is 6.77. The Hall–Kier alpha value is -2.31. The molecule has 2 aromatic heterocycles. The van der Waals surface area contributed by atoms with Gasteiger partial charge < -0.3 is 14.8 Å². The fraction of sp³-hybridized carbons (Fsp3) is 0.250. The minimum atomic E-state index is -0.532. The highest BCUT2D eigenvalue weighted by Crippen LogP contribution is 2.37. The molecular formula is C24H23ClN2O2S. The van der Waals surface area contributed by atoms with Crippen molar-refractivity contribution < 1.29 is 9.84 Å². The van der Waals surface area contributed by atoms with Gasteiger partial charge in [0.05, 0.1) is 0 Å². The Labute approximate surface area is 184 Å². The molecule has 30 heavy (non-hydrogen) atoms. The Morgan fingerprint density at radius 2 is 2.03 bits per heavy atom. The van der Waals surface area contributed by atoms with Crippen molar-refractivity contribution in [2.24, 2.45) is 0 Å². The molecule has 1 unspecified atom stereocenters. The molecule has 0 amide bonds. The van der Waals surface area contributed by atoms with Crippen LogP contribution in [-0.4, -0.2) is 47.3 Å². The molecule has 3 heterocycles. The van der Waals surface area contributed by atoms with E-state index in [0.717, 1.165) is 46.6 Å². The van der Waals surface area contributed by atoms with Gasteiger partial charge in [-0.25, -0.2) is 0 Å². The molecule has 1 atom stereocenters. The van der Waals surface area contributed by atoms with E-state index in [0.29, 0.717) is 6.54 Å². The molecule has 154 valence electrons. The maximum atomic E-state index is 10.5. The van der Waals surface area contributed by atoms with Crippen LogP contribution in [0.25, 0.3) is 27.2 Å². The summed E-state index contributed by atoms with van der Waals surface area (Å²) in [5.74, 6) is 0.803. The van der Waals surface area contributed by atoms with Gasteiger partial charge in [-0.1, -0.05) is 35.9 Å². The van der Waals surface area contributed by atoms with Gasteiger partial charge in [-0.05, 0) is 36.3 Å². The summed E-state index contributed by atoms with van der Waals surface area (Å²) in [6.07, 6.45) is 4.62. The number of aliphatic hydroxyl groups excluding tert-OH is 1. The van der Waals surface area contributed by atoms with Crippen LogP contribution in [-0.2, 0) is 0 Å². The zero-order valence-corrected chi connectivity index (χ0v) is 18.0. The summed E-state index contributed by atoms with van der Waals surface area (Å²) in [5, 5.41) is 16.9. The molecule has 0 spiro atoms. The van der Waals surface area contributed by atoms with E-state index in [2.05, 4.69) is 27.4 Å². The van der Waals surface area contributed by atoms with Crippen LogP contribution in [0.4, 0.5) is 0 Å². The zero-order chi connectivity index (χ0) is 20.5. The SMILES string of the molecule is OC(COc1cccc2[nH]ccc12)CN1CC=C(c2scc3c(Cl)cccc23)CC1. The lowest BCUT2D eigenvalue weighted by Gasteiger charge is -2.28. The number of hydrogen-bond acceptors (Lipinski definition) is 4. The lowest BCUT2D eigenvalue weighted by Crippen LogP contribution is -2.38. The number of hydrogen-bond donors (Lipinski definition) is 2. The number of ether oxygens (including phenoxy) is 1. The van der Waals surface area contributed by atoms with Crippen molar-refractivity contribution >= 4 is 50.2 Å². The third-order valence-electron chi connectivity index (χ3n) is 5.63. The van der Waals surface area contributed by atoms with Crippen molar-refractivity contribution in [3.63, 3.8) is 0 Å². The third-order valence-corrected chi connectivity index (χ3v) is 7.03. The number of aromatic amines is 1. The van der Waals surface area contributed by atoms with E-state index in [-0.39, 0.29) is 6.61 Å². The molecule has 0 radical (unpaired) electrons. The highest BCUT2D eigenvalue weighted by atomic mass is 35.5. The molecule has 0 fully saturated rings. The Balaban J connectivity index is 1.20. The number of thiophene rings is 1. The number of benzene rings is 2. The number of fused-ring (bicyclic) bond motifs is 2. The van der Waals surface area contributed by atoms with Crippen LogP contribution < -0.4 is 4.74 Å². The molecule has 2 N–H and O–H groups in total. The first-order chi connectivity index (χ1) is 14.7. The largest absolute Gasteiger partial charge is 0.490 e. The van der Waals surface area contributed by atoms with E-state index in [4.69, 9.17) is 16.3 Å². The van der Waals surface area contributed by atoms with Crippen LogP contribution in [0.1, 0.15) is 11.3 Å². The smallest absolute Gasteiger partial charge is 0.128 e. The molecule has 2 aromatic carbocycles. The fourth-order valence-electron chi connectivity index (χ4n) is 4.09. The molecule has 4 aromatic rings. The number of aromatic nitrogens is 1. The highest BCUT2D eigenvalue weighted by molar-refractivity contribution is 7.13. The van der Waals surface area contributed by atoms with E-state index in [1.807, 2.05) is 42.6 Å². The summed E-state index contributed by atoms with van der Waals surface area (Å²) in [6, 6.07) is 14.0. The van der Waals surface area contributed by atoms with Crippen molar-refractivity contribution in [3.05, 3.63) is 70.0 Å². The number of halogens is 1. The number of H-pyrrole nitrogens is 1. The maximum absolute atomic E-state index is 10.5. The van der Waals surface area contributed by atoms with Gasteiger partial charge in [-0.15, -0.1) is 11.3 Å². The average Bonchev–Trinajstić information content (AvgIpc) is 3.41. The Kier molecular flexibility index (Phi) is 5.52. The summed E-state index contributed by atoms with van der Waals surface area (Å²) >= 11 is 8.09. The number of rotatable bonds is 6. The monoisotopic (exact) mass is 438 g/mol. The number of β-amino-alcohol motifs (C(OH)–C–C–N with tert-alkyl or cyclic N) is 1. The van der Waals surface area contributed by atoms with Crippen LogP contribution in [0.5, 0.6) is 5.75 Å². The van der Waals surface area contributed by atoms with Gasteiger partial charge >= 0.3 is 0 Å². The number of aliphatic hydroxyl groups is 1. The van der Waals surface area contributed by atoms with E-state index in [9.17, 15) is 5.11 Å². The Morgan fingerprint density at radius 1 is 1.13 bits per heavy atom. The van der Waals surface area contributed by atoms with Gasteiger partial charge in [0.15, 0.2) is 0 Å². The van der Waals surface area contributed by atoms with Crippen LogP contribution >= 0.6 is 22.9 Å². The standard InChI is InChI=1S/C24H23ClN2O2S/c25-21-4-1-3-18-20(21)15-30-24(18)16-8-11-27(12-9-16)13-17(28)14-29-23-6-2-5-22-19(23)7-10-26-22/h1-8,10,15,17,26,28H,9,11-14H2. The second-order valence-corrected chi connectivity index (χ2v) is 8.95. The van der Waals surface area contributed by atoms with Gasteiger partial charge in [-0.3, -0.25) is 4.90 Å². The first-order valence-electron chi connectivity index (χ1n) is 10.1. The summed E-state index contributed by atoms with van der Waals surface area (Å²) in [7, 11) is 0. The first kappa shape index (κ1) is 19.6. The summed E-state index contributed by atoms with van der Waals surface area (Å²) < 4.78 is 5.90. The summed E-state index contributed by atoms with van der Waals surface area (Å²) in [5.41, 5.74) is 2.41. The van der Waals surface area contributed by atoms with E-state index in [1.54, 1.807) is 11.3 Å². The molecule has 0 saturated carbocycles. The predicted molar refractivity (Wildman–Crippen MR) is 126 cm³/mol. The number of nitrogens with one attached hydrogen (secondary N) is 1. The van der Waals surface area contributed by atoms with Gasteiger partial charge in [0.1, 0.15) is 18.5 Å². The van der Waals surface area contributed by atoms with Crippen LogP contribution in [0, 0.1) is 0 Å². The normalized spacial score (nSPS) is 16.1. The van der Waals surface area contributed by atoms with Crippen molar-refractivity contribution in [1.82, 2.24) is 9.88 Å². The van der Waals surface area contributed by atoms with Crippen molar-refractivity contribution in [2.45, 2.75) is 12.5 Å². The Bertz CT molecular complexity index is 1210. The summed E-state index contributed by atoms with van der Waals surface area (Å²) in [6.45, 7) is 2.64. The average molecular weight is 439 g/mol. The lowest BCUT2D eigenvalue weighted by atomic mass is 10.0. The van der Waals surface area contributed by atoms with Gasteiger partial charge in [0, 0.05) is 62.8 Å². The molecule has 0 bridgehead atoms. The van der Waals surface area contributed by atoms with Crippen molar-refractivity contribution in [2.75, 3.05) is 26.2 Å². The van der Waals surface area contributed by atoms with Crippen LogP contribution in [0.2, 0.25) is 5.02 Å². The maximum Gasteiger partial charge on any atom is 0.128 e. The second-order valence-electron chi connectivity index (χ2n) is 7.66. The molecular weight excluding hydrogens is 416 g/mol. The van der Waals surface area contributed by atoms with E-state index in [1.165, 1.54) is 15.8 Å². The molecule has 6 heteroatoms. The van der Waals surface area contributed by atoms with Gasteiger partial charge in [0.25, 0.3) is 0 Å². The molecule has 4 nitrogen and oxygen atoms in total. The molecule has 0 aliphatic carbocycles. The van der Waals surface area contributed by atoms with Crippen molar-refractivity contribution in [3.8, 4) is 5.75 Å². The van der Waals surface area contributed by atoms with Crippen LogP contribution in [0.3, 0.4) is 0 Å². The molecule has 1 aliphatic rings. The fourth-order valence-corrected chi connectivity index (χ4v) is 5.51. The first-order valence-corrected chi connectivity index (χ1v) is 11.4. The zero-order valence-electron chi connectivity index (χ0n) is 16.5. The van der Waals surface area contributed by atoms with Crippen LogP contribution in [0.15, 0.2) is 60.1 Å². The van der Waals surface area contributed by atoms with Crippen molar-refractivity contribution in [1.29, 1.82) is 0 Å². The minimum Gasteiger partial charge on any atom is -0.490 e.